The van der Waals surface area contributed by atoms with Gasteiger partial charge >= 0.3 is 0 Å². The van der Waals surface area contributed by atoms with Crippen LogP contribution >= 0.6 is 0 Å². The normalized spacial score (nSPS) is 9.64. The highest BCUT2D eigenvalue weighted by Gasteiger charge is 2.10. The van der Waals surface area contributed by atoms with Gasteiger partial charge in [0.2, 0.25) is 0 Å². The molecule has 0 aliphatic carbocycles. The summed E-state index contributed by atoms with van der Waals surface area (Å²) in [6.45, 7) is 7.30. The number of methoxy groups -OCH3 is 2. The lowest BCUT2D eigenvalue weighted by molar-refractivity contribution is 0.351. The Hall–Kier alpha value is -1.64. The van der Waals surface area contributed by atoms with Crippen molar-refractivity contribution in [2.24, 2.45) is 0 Å². The summed E-state index contributed by atoms with van der Waals surface area (Å²) < 4.78 is 10.1. The van der Waals surface area contributed by atoms with Gasteiger partial charge in [-0.3, -0.25) is 0 Å². The zero-order valence-corrected chi connectivity index (χ0v) is 8.50. The molecule has 1 rings (SSSR count). The summed E-state index contributed by atoms with van der Waals surface area (Å²) in [5.74, 6) is 1.11. The fourth-order valence-electron chi connectivity index (χ4n) is 1.18. The van der Waals surface area contributed by atoms with Crippen LogP contribution in [0, 0.1) is 6.58 Å². The molecule has 3 nitrogen and oxygen atoms in total. The summed E-state index contributed by atoms with van der Waals surface area (Å²) in [5, 5.41) is 9.58. The number of allylic oxidation sites excluding steroid dienone is 1. The summed E-state index contributed by atoms with van der Waals surface area (Å²) in [7, 11) is 3.04. The molecule has 0 amide bonds. The molecule has 0 fully saturated rings. The van der Waals surface area contributed by atoms with Gasteiger partial charge in [-0.2, -0.15) is 0 Å². The van der Waals surface area contributed by atoms with Crippen molar-refractivity contribution in [2.45, 2.75) is 6.92 Å². The molecule has 14 heavy (non-hydrogen) atoms. The van der Waals surface area contributed by atoms with Crippen molar-refractivity contribution in [1.82, 2.24) is 0 Å². The van der Waals surface area contributed by atoms with Crippen molar-refractivity contribution >= 4 is 5.57 Å². The van der Waals surface area contributed by atoms with Crippen LogP contribution in [-0.2, 0) is 0 Å². The molecule has 0 saturated heterocycles. The predicted molar refractivity (Wildman–Crippen MR) is 54.6 cm³/mol. The Kier molecular flexibility index (Phi) is 3.02. The van der Waals surface area contributed by atoms with Crippen molar-refractivity contribution in [2.75, 3.05) is 14.2 Å². The van der Waals surface area contributed by atoms with Crippen molar-refractivity contribution in [3.63, 3.8) is 0 Å². The van der Waals surface area contributed by atoms with Gasteiger partial charge in [0, 0.05) is 11.6 Å². The number of phenolic OH excluding ortho intramolecular Hbond substituents is 1. The van der Waals surface area contributed by atoms with E-state index >= 15 is 0 Å². The highest BCUT2D eigenvalue weighted by Crippen LogP contribution is 2.36. The number of benzene rings is 1. The van der Waals surface area contributed by atoms with Gasteiger partial charge in [-0.05, 0) is 18.6 Å². The summed E-state index contributed by atoms with van der Waals surface area (Å²) >= 11 is 0. The molecule has 1 radical (unpaired) electrons. The average molecular weight is 193 g/mol. The second kappa shape index (κ2) is 4.05. The van der Waals surface area contributed by atoms with Crippen LogP contribution in [0.1, 0.15) is 12.5 Å². The lowest BCUT2D eigenvalue weighted by atomic mass is 10.1. The van der Waals surface area contributed by atoms with E-state index in [1.165, 1.54) is 20.3 Å². The molecule has 0 bridgehead atoms. The molecule has 1 N–H and O–H groups in total. The van der Waals surface area contributed by atoms with E-state index < -0.39 is 0 Å². The number of hydrogen-bond acceptors (Lipinski definition) is 3. The van der Waals surface area contributed by atoms with E-state index in [1.807, 2.05) is 0 Å². The van der Waals surface area contributed by atoms with E-state index in [4.69, 9.17) is 16.1 Å². The van der Waals surface area contributed by atoms with E-state index in [2.05, 4.69) is 0 Å². The van der Waals surface area contributed by atoms with Gasteiger partial charge in [0.25, 0.3) is 0 Å². The van der Waals surface area contributed by atoms with E-state index in [9.17, 15) is 5.11 Å². The third-order valence-corrected chi connectivity index (χ3v) is 1.93. The van der Waals surface area contributed by atoms with Gasteiger partial charge in [-0.15, -0.1) is 0 Å². The third-order valence-electron chi connectivity index (χ3n) is 1.93. The third kappa shape index (κ3) is 1.82. The second-order valence-electron chi connectivity index (χ2n) is 2.91. The Bertz CT molecular complexity index is 356. The fourth-order valence-corrected chi connectivity index (χ4v) is 1.18. The van der Waals surface area contributed by atoms with Crippen LogP contribution in [0.5, 0.6) is 17.2 Å². The largest absolute Gasteiger partial charge is 0.507 e. The minimum Gasteiger partial charge on any atom is -0.507 e. The van der Waals surface area contributed by atoms with Crippen molar-refractivity contribution in [3.05, 3.63) is 24.3 Å². The standard InChI is InChI=1S/C11H13O3/c1-7(2)8-5-10(13-3)11(14-4)6-9(8)12/h1,5-6,12H,2-4H3. The molecule has 0 aliphatic rings. The lowest BCUT2D eigenvalue weighted by Gasteiger charge is -2.11. The maximum absolute atomic E-state index is 9.58. The molecule has 0 unspecified atom stereocenters. The average Bonchev–Trinajstić information content (AvgIpc) is 2.16. The molecule has 0 spiro atoms. The van der Waals surface area contributed by atoms with Crippen molar-refractivity contribution in [3.8, 4) is 17.2 Å². The topological polar surface area (TPSA) is 38.7 Å². The van der Waals surface area contributed by atoms with Gasteiger partial charge in [-0.25, -0.2) is 0 Å². The molecule has 1 aromatic rings. The summed E-state index contributed by atoms with van der Waals surface area (Å²) in [4.78, 5) is 0. The lowest BCUT2D eigenvalue weighted by Crippen LogP contribution is -1.92. The van der Waals surface area contributed by atoms with Crippen LogP contribution in [0.4, 0.5) is 0 Å². The van der Waals surface area contributed by atoms with Gasteiger partial charge in [-0.1, -0.05) is 6.58 Å². The minimum atomic E-state index is 0.0858. The Balaban J connectivity index is 3.30. The van der Waals surface area contributed by atoms with Gasteiger partial charge in [0.1, 0.15) is 5.75 Å². The molecule has 0 saturated carbocycles. The number of rotatable bonds is 3. The number of ether oxygens (including phenoxy) is 2. The highest BCUT2D eigenvalue weighted by atomic mass is 16.5. The zero-order chi connectivity index (χ0) is 10.7. The van der Waals surface area contributed by atoms with Gasteiger partial charge < -0.3 is 14.6 Å². The minimum absolute atomic E-state index is 0.0858. The number of hydrogen-bond donors (Lipinski definition) is 1. The molecule has 0 aliphatic heterocycles. The van der Waals surface area contributed by atoms with Crippen LogP contribution in [0.3, 0.4) is 0 Å². The Labute approximate surface area is 83.6 Å². The molecule has 0 atom stereocenters. The molecule has 0 heterocycles. The van der Waals surface area contributed by atoms with Crippen molar-refractivity contribution < 1.29 is 14.6 Å². The zero-order valence-electron chi connectivity index (χ0n) is 8.50. The molecular formula is C11H13O3. The van der Waals surface area contributed by atoms with Crippen LogP contribution in [0.15, 0.2) is 12.1 Å². The summed E-state index contributed by atoms with van der Waals surface area (Å²) in [6, 6.07) is 3.12. The van der Waals surface area contributed by atoms with Crippen LogP contribution < -0.4 is 9.47 Å². The van der Waals surface area contributed by atoms with Gasteiger partial charge in [0.05, 0.1) is 14.2 Å². The molecule has 1 aromatic carbocycles. The van der Waals surface area contributed by atoms with Crippen LogP contribution in [0.2, 0.25) is 0 Å². The van der Waals surface area contributed by atoms with E-state index in [1.54, 1.807) is 13.0 Å². The van der Waals surface area contributed by atoms with E-state index in [0.717, 1.165) is 0 Å². The number of phenols is 1. The quantitative estimate of drug-likeness (QED) is 0.800. The summed E-state index contributed by atoms with van der Waals surface area (Å²) in [6.07, 6.45) is 0. The molecule has 3 heteroatoms. The maximum atomic E-state index is 9.58. The first kappa shape index (κ1) is 10.4. The van der Waals surface area contributed by atoms with E-state index in [0.29, 0.717) is 22.6 Å². The molecular weight excluding hydrogens is 180 g/mol. The second-order valence-corrected chi connectivity index (χ2v) is 2.91. The Morgan fingerprint density at radius 3 is 2.14 bits per heavy atom. The van der Waals surface area contributed by atoms with E-state index in [-0.39, 0.29) is 5.75 Å². The molecule has 0 aromatic heterocycles. The monoisotopic (exact) mass is 193 g/mol. The highest BCUT2D eigenvalue weighted by molar-refractivity contribution is 5.69. The van der Waals surface area contributed by atoms with Gasteiger partial charge in [0.15, 0.2) is 11.5 Å². The van der Waals surface area contributed by atoms with Crippen LogP contribution in [-0.4, -0.2) is 19.3 Å². The molecule has 75 valence electrons. The fraction of sp³-hybridized carbons (Fsp3) is 0.273. The number of aromatic hydroxyl groups is 1. The Morgan fingerprint density at radius 1 is 1.21 bits per heavy atom. The Morgan fingerprint density at radius 2 is 1.71 bits per heavy atom. The van der Waals surface area contributed by atoms with Crippen LogP contribution in [0.25, 0.3) is 5.57 Å². The first-order chi connectivity index (χ1) is 6.60. The van der Waals surface area contributed by atoms with Crippen molar-refractivity contribution in [1.29, 1.82) is 0 Å². The summed E-state index contributed by atoms with van der Waals surface area (Å²) in [5.41, 5.74) is 1.09. The first-order valence-corrected chi connectivity index (χ1v) is 4.14. The smallest absolute Gasteiger partial charge is 0.164 e. The predicted octanol–water partition coefficient (Wildman–Crippen LogP) is 2.25. The SMILES string of the molecule is [CH]=C(C)c1cc(OC)c(OC)cc1O. The first-order valence-electron chi connectivity index (χ1n) is 4.14. The maximum Gasteiger partial charge on any atom is 0.164 e.